The second-order valence-electron chi connectivity index (χ2n) is 3.54. The van der Waals surface area contributed by atoms with Crippen LogP contribution in [-0.2, 0) is 0 Å². The first kappa shape index (κ1) is 16.8. The summed E-state index contributed by atoms with van der Waals surface area (Å²) in [7, 11) is 4.65. The van der Waals surface area contributed by atoms with Gasteiger partial charge in [-0.15, -0.1) is 12.4 Å². The highest BCUT2D eigenvalue weighted by Crippen LogP contribution is 2.41. The first-order chi connectivity index (χ1) is 8.19. The zero-order valence-corrected chi connectivity index (χ0v) is 11.6. The molecule has 5 nitrogen and oxygen atoms in total. The van der Waals surface area contributed by atoms with E-state index in [-0.39, 0.29) is 25.1 Å². The fourth-order valence-corrected chi connectivity index (χ4v) is 1.71. The van der Waals surface area contributed by atoms with E-state index in [0.717, 1.165) is 5.56 Å². The zero-order chi connectivity index (χ0) is 12.8. The Kier molecular flexibility index (Phi) is 7.50. The number of nitrogens with two attached hydrogens (primary N) is 1. The molecule has 3 N–H and O–H groups in total. The van der Waals surface area contributed by atoms with Crippen molar-refractivity contribution in [1.82, 2.24) is 0 Å². The minimum atomic E-state index is -0.297. The third-order valence-corrected chi connectivity index (χ3v) is 2.57. The molecule has 0 heterocycles. The van der Waals surface area contributed by atoms with Gasteiger partial charge in [0.25, 0.3) is 0 Å². The van der Waals surface area contributed by atoms with E-state index in [1.165, 1.54) is 0 Å². The molecule has 6 heteroatoms. The molecular formula is C12H20ClNO4. The number of rotatable bonds is 6. The van der Waals surface area contributed by atoms with Crippen LogP contribution >= 0.6 is 12.4 Å². The molecule has 0 aromatic heterocycles. The monoisotopic (exact) mass is 277 g/mol. The van der Waals surface area contributed by atoms with E-state index in [2.05, 4.69) is 0 Å². The summed E-state index contributed by atoms with van der Waals surface area (Å²) < 4.78 is 15.7. The third-order valence-electron chi connectivity index (χ3n) is 2.57. The normalized spacial score (nSPS) is 11.4. The number of hydrogen-bond acceptors (Lipinski definition) is 5. The van der Waals surface area contributed by atoms with Gasteiger partial charge >= 0.3 is 0 Å². The summed E-state index contributed by atoms with van der Waals surface area (Å²) >= 11 is 0. The fourth-order valence-electron chi connectivity index (χ4n) is 1.71. The molecule has 1 aromatic carbocycles. The standard InChI is InChI=1S/C12H19NO4.ClH/c1-15-10-5-4-8(9(13)6-7-14)11(16-2)12(10)17-3;/h4-5,9,14H,6-7,13H2,1-3H3;1H/t9-;/m1./s1. The maximum Gasteiger partial charge on any atom is 0.203 e. The molecule has 0 aliphatic carbocycles. The zero-order valence-electron chi connectivity index (χ0n) is 10.8. The summed E-state index contributed by atoms with van der Waals surface area (Å²) in [4.78, 5) is 0. The summed E-state index contributed by atoms with van der Waals surface area (Å²) in [5, 5.41) is 8.91. The molecule has 1 rings (SSSR count). The Morgan fingerprint density at radius 1 is 1.11 bits per heavy atom. The first-order valence-corrected chi connectivity index (χ1v) is 5.34. The highest BCUT2D eigenvalue weighted by molar-refractivity contribution is 5.85. The number of halogens is 1. The molecule has 18 heavy (non-hydrogen) atoms. The SMILES string of the molecule is COc1ccc([C@H](N)CCO)c(OC)c1OC.Cl. The lowest BCUT2D eigenvalue weighted by Crippen LogP contribution is -2.13. The van der Waals surface area contributed by atoms with Crippen molar-refractivity contribution < 1.29 is 19.3 Å². The number of aliphatic hydroxyl groups is 1. The van der Waals surface area contributed by atoms with Crippen LogP contribution in [0.25, 0.3) is 0 Å². The van der Waals surface area contributed by atoms with Gasteiger partial charge in [-0.25, -0.2) is 0 Å². The lowest BCUT2D eigenvalue weighted by atomic mass is 10.0. The van der Waals surface area contributed by atoms with Gasteiger partial charge < -0.3 is 25.1 Å². The molecular weight excluding hydrogens is 258 g/mol. The van der Waals surface area contributed by atoms with Crippen molar-refractivity contribution in [2.75, 3.05) is 27.9 Å². The molecule has 0 radical (unpaired) electrons. The van der Waals surface area contributed by atoms with Crippen LogP contribution in [0.2, 0.25) is 0 Å². The average molecular weight is 278 g/mol. The highest BCUT2D eigenvalue weighted by Gasteiger charge is 2.19. The van der Waals surface area contributed by atoms with Crippen molar-refractivity contribution in [2.45, 2.75) is 12.5 Å². The van der Waals surface area contributed by atoms with Gasteiger partial charge in [0, 0.05) is 18.2 Å². The quantitative estimate of drug-likeness (QED) is 0.825. The van der Waals surface area contributed by atoms with Crippen molar-refractivity contribution in [1.29, 1.82) is 0 Å². The number of ether oxygens (including phenoxy) is 3. The molecule has 0 bridgehead atoms. The van der Waals surface area contributed by atoms with Gasteiger partial charge in [-0.1, -0.05) is 0 Å². The van der Waals surface area contributed by atoms with E-state index >= 15 is 0 Å². The Hall–Kier alpha value is -1.17. The van der Waals surface area contributed by atoms with Crippen LogP contribution in [0.3, 0.4) is 0 Å². The number of hydrogen-bond donors (Lipinski definition) is 2. The molecule has 104 valence electrons. The van der Waals surface area contributed by atoms with Gasteiger partial charge in [0.1, 0.15) is 0 Å². The minimum Gasteiger partial charge on any atom is -0.493 e. The van der Waals surface area contributed by atoms with Crippen LogP contribution in [0, 0.1) is 0 Å². The van der Waals surface area contributed by atoms with Gasteiger partial charge in [0.2, 0.25) is 5.75 Å². The fraction of sp³-hybridized carbons (Fsp3) is 0.500. The van der Waals surface area contributed by atoms with Crippen LogP contribution in [0.4, 0.5) is 0 Å². The third kappa shape index (κ3) is 3.41. The van der Waals surface area contributed by atoms with E-state index in [9.17, 15) is 0 Å². The van der Waals surface area contributed by atoms with Crippen LogP contribution < -0.4 is 19.9 Å². The summed E-state index contributed by atoms with van der Waals surface area (Å²) in [6, 6.07) is 3.30. The van der Waals surface area contributed by atoms with E-state index in [1.807, 2.05) is 6.07 Å². The van der Waals surface area contributed by atoms with Gasteiger partial charge in [0.05, 0.1) is 21.3 Å². The predicted octanol–water partition coefficient (Wildman–Crippen LogP) is 1.52. The van der Waals surface area contributed by atoms with Crippen molar-refractivity contribution in [2.24, 2.45) is 5.73 Å². The molecule has 0 unspecified atom stereocenters. The highest BCUT2D eigenvalue weighted by atomic mass is 35.5. The van der Waals surface area contributed by atoms with Crippen molar-refractivity contribution in [3.8, 4) is 17.2 Å². The Bertz CT molecular complexity index is 373. The maximum absolute atomic E-state index is 8.91. The molecule has 0 spiro atoms. The van der Waals surface area contributed by atoms with Crippen molar-refractivity contribution in [3.63, 3.8) is 0 Å². The van der Waals surface area contributed by atoms with E-state index in [0.29, 0.717) is 23.7 Å². The van der Waals surface area contributed by atoms with Gasteiger partial charge in [0.15, 0.2) is 11.5 Å². The molecule has 0 saturated heterocycles. The second-order valence-corrected chi connectivity index (χ2v) is 3.54. The number of aliphatic hydroxyl groups excluding tert-OH is 1. The Morgan fingerprint density at radius 3 is 2.17 bits per heavy atom. The minimum absolute atomic E-state index is 0. The van der Waals surface area contributed by atoms with E-state index in [4.69, 9.17) is 25.1 Å². The van der Waals surface area contributed by atoms with Crippen molar-refractivity contribution in [3.05, 3.63) is 17.7 Å². The lowest BCUT2D eigenvalue weighted by molar-refractivity contribution is 0.273. The molecule has 1 atom stereocenters. The van der Waals surface area contributed by atoms with Crippen LogP contribution in [0.5, 0.6) is 17.2 Å². The van der Waals surface area contributed by atoms with Crippen LogP contribution in [0.1, 0.15) is 18.0 Å². The van der Waals surface area contributed by atoms with Crippen LogP contribution in [-0.4, -0.2) is 33.0 Å². The van der Waals surface area contributed by atoms with Gasteiger partial charge in [-0.3, -0.25) is 0 Å². The predicted molar refractivity (Wildman–Crippen MR) is 72.0 cm³/mol. The molecule has 1 aromatic rings. The smallest absolute Gasteiger partial charge is 0.203 e. The largest absolute Gasteiger partial charge is 0.493 e. The van der Waals surface area contributed by atoms with Gasteiger partial charge in [-0.05, 0) is 18.6 Å². The lowest BCUT2D eigenvalue weighted by Gasteiger charge is -2.19. The molecule has 0 amide bonds. The molecule has 0 fully saturated rings. The second kappa shape index (κ2) is 8.02. The Labute approximate surface area is 113 Å². The maximum atomic E-state index is 8.91. The van der Waals surface area contributed by atoms with Crippen LogP contribution in [0.15, 0.2) is 12.1 Å². The van der Waals surface area contributed by atoms with Gasteiger partial charge in [-0.2, -0.15) is 0 Å². The van der Waals surface area contributed by atoms with E-state index in [1.54, 1.807) is 27.4 Å². The summed E-state index contributed by atoms with van der Waals surface area (Å²) in [6.07, 6.45) is 0.464. The summed E-state index contributed by atoms with van der Waals surface area (Å²) in [5.41, 5.74) is 6.75. The molecule has 0 saturated carbocycles. The van der Waals surface area contributed by atoms with E-state index < -0.39 is 0 Å². The topological polar surface area (TPSA) is 73.9 Å². The van der Waals surface area contributed by atoms with Crippen molar-refractivity contribution >= 4 is 12.4 Å². The Morgan fingerprint density at radius 2 is 1.72 bits per heavy atom. The Balaban J connectivity index is 0.00000289. The number of methoxy groups -OCH3 is 3. The number of benzene rings is 1. The first-order valence-electron chi connectivity index (χ1n) is 5.34. The average Bonchev–Trinajstić information content (AvgIpc) is 2.36. The molecule has 0 aliphatic rings. The molecule has 0 aliphatic heterocycles. The summed E-state index contributed by atoms with van der Waals surface area (Å²) in [6.45, 7) is 0.0265. The summed E-state index contributed by atoms with van der Waals surface area (Å²) in [5.74, 6) is 1.65.